The first-order chi connectivity index (χ1) is 13.0. The fourth-order valence-corrected chi connectivity index (χ4v) is 3.50. The minimum absolute atomic E-state index is 0.0976. The molecule has 0 spiro atoms. The van der Waals surface area contributed by atoms with E-state index in [2.05, 4.69) is 10.6 Å². The number of nitrogens with one attached hydrogen (secondary N) is 2. The first kappa shape index (κ1) is 17.8. The molecule has 2 N–H and O–H groups in total. The number of nitrogens with zero attached hydrogens (tertiary/aromatic N) is 2. The number of hydrogen-bond acceptors (Lipinski definition) is 5. The Balaban J connectivity index is 1.46. The smallest absolute Gasteiger partial charge is 0.408 e. The molecule has 144 valence electrons. The third-order valence-corrected chi connectivity index (χ3v) is 5.16. The number of piperazine rings is 1. The quantitative estimate of drug-likeness (QED) is 0.791. The van der Waals surface area contributed by atoms with Crippen LogP contribution in [0.1, 0.15) is 24.8 Å². The molecule has 1 saturated heterocycles. The van der Waals surface area contributed by atoms with Gasteiger partial charge in [0.2, 0.25) is 11.8 Å². The molecule has 2 aliphatic rings. The highest BCUT2D eigenvalue weighted by molar-refractivity contribution is 5.88. The van der Waals surface area contributed by atoms with Gasteiger partial charge < -0.3 is 20.0 Å². The Kier molecular flexibility index (Phi) is 4.73. The molecule has 1 aromatic heterocycles. The summed E-state index contributed by atoms with van der Waals surface area (Å²) in [6.07, 6.45) is 2.17. The van der Waals surface area contributed by atoms with Gasteiger partial charge in [0.25, 0.3) is 0 Å². The number of fused-ring (bicyclic) bond motifs is 1. The Morgan fingerprint density at radius 1 is 1.33 bits per heavy atom. The molecule has 2 fully saturated rings. The Morgan fingerprint density at radius 3 is 2.93 bits per heavy atom. The van der Waals surface area contributed by atoms with E-state index in [9.17, 15) is 14.4 Å². The molecule has 27 heavy (non-hydrogen) atoms. The largest absolute Gasteiger partial charge is 0.419 e. The molecule has 1 saturated carbocycles. The van der Waals surface area contributed by atoms with Gasteiger partial charge in [-0.25, -0.2) is 4.79 Å². The van der Waals surface area contributed by atoms with Crippen LogP contribution in [0.15, 0.2) is 27.4 Å². The molecule has 1 aliphatic carbocycles. The van der Waals surface area contributed by atoms with Crippen LogP contribution in [-0.4, -0.2) is 53.0 Å². The number of benzene rings is 1. The zero-order valence-corrected chi connectivity index (χ0v) is 15.4. The van der Waals surface area contributed by atoms with Crippen molar-refractivity contribution >= 4 is 22.9 Å². The van der Waals surface area contributed by atoms with Crippen molar-refractivity contribution in [3.05, 3.63) is 34.3 Å². The summed E-state index contributed by atoms with van der Waals surface area (Å²) in [6, 6.07) is 5.28. The van der Waals surface area contributed by atoms with Crippen LogP contribution in [0.3, 0.4) is 0 Å². The lowest BCUT2D eigenvalue weighted by Crippen LogP contribution is -2.59. The van der Waals surface area contributed by atoms with Crippen molar-refractivity contribution < 1.29 is 14.0 Å². The van der Waals surface area contributed by atoms with E-state index in [1.54, 1.807) is 11.0 Å². The molecule has 2 amide bonds. The minimum atomic E-state index is -0.494. The van der Waals surface area contributed by atoms with Crippen molar-refractivity contribution in [1.29, 1.82) is 0 Å². The number of rotatable bonds is 5. The topological polar surface area (TPSA) is 96.6 Å². The number of oxazole rings is 1. The fraction of sp³-hybridized carbons (Fsp3) is 0.526. The Labute approximate surface area is 156 Å². The van der Waals surface area contributed by atoms with E-state index in [-0.39, 0.29) is 30.8 Å². The normalized spacial score (nSPS) is 20.0. The third-order valence-electron chi connectivity index (χ3n) is 5.16. The third kappa shape index (κ3) is 3.75. The van der Waals surface area contributed by atoms with Crippen LogP contribution in [0, 0.1) is 6.92 Å². The van der Waals surface area contributed by atoms with Crippen LogP contribution in [0.2, 0.25) is 0 Å². The summed E-state index contributed by atoms with van der Waals surface area (Å²) in [4.78, 5) is 39.0. The molecule has 1 unspecified atom stereocenters. The maximum absolute atomic E-state index is 12.8. The van der Waals surface area contributed by atoms with Crippen molar-refractivity contribution in [2.75, 3.05) is 19.6 Å². The van der Waals surface area contributed by atoms with Crippen molar-refractivity contribution in [3.63, 3.8) is 0 Å². The lowest BCUT2D eigenvalue weighted by atomic mass is 10.1. The molecule has 0 radical (unpaired) electrons. The summed E-state index contributed by atoms with van der Waals surface area (Å²) in [6.45, 7) is 3.78. The first-order valence-corrected chi connectivity index (χ1v) is 9.43. The van der Waals surface area contributed by atoms with Gasteiger partial charge in [0.1, 0.15) is 6.04 Å². The lowest BCUT2D eigenvalue weighted by molar-refractivity contribution is -0.141. The van der Waals surface area contributed by atoms with Crippen molar-refractivity contribution in [2.45, 2.75) is 44.8 Å². The molecular formula is C19H24N4O4. The molecule has 1 atom stereocenters. The van der Waals surface area contributed by atoms with E-state index < -0.39 is 11.8 Å². The van der Waals surface area contributed by atoms with Crippen LogP contribution >= 0.6 is 0 Å². The number of aryl methyl sites for hydroxylation is 2. The van der Waals surface area contributed by atoms with Gasteiger partial charge in [-0.3, -0.25) is 14.2 Å². The molecule has 0 bridgehead atoms. The Bertz CT molecular complexity index is 927. The van der Waals surface area contributed by atoms with E-state index in [0.29, 0.717) is 30.7 Å². The highest BCUT2D eigenvalue weighted by Crippen LogP contribution is 2.20. The van der Waals surface area contributed by atoms with Crippen LogP contribution in [-0.2, 0) is 16.1 Å². The second-order valence-electron chi connectivity index (χ2n) is 7.33. The van der Waals surface area contributed by atoms with Gasteiger partial charge in [-0.05, 0) is 37.5 Å². The lowest BCUT2D eigenvalue weighted by Gasteiger charge is -2.35. The molecule has 2 heterocycles. The minimum Gasteiger partial charge on any atom is -0.408 e. The van der Waals surface area contributed by atoms with Crippen molar-refractivity contribution in [2.24, 2.45) is 0 Å². The summed E-state index contributed by atoms with van der Waals surface area (Å²) in [7, 11) is 0. The van der Waals surface area contributed by atoms with Crippen LogP contribution in [0.5, 0.6) is 0 Å². The number of amides is 2. The van der Waals surface area contributed by atoms with E-state index in [1.807, 2.05) is 19.1 Å². The van der Waals surface area contributed by atoms with Crippen LogP contribution in [0.25, 0.3) is 11.1 Å². The highest BCUT2D eigenvalue weighted by atomic mass is 16.4. The second-order valence-corrected chi connectivity index (χ2v) is 7.33. The Morgan fingerprint density at radius 2 is 2.15 bits per heavy atom. The van der Waals surface area contributed by atoms with Crippen molar-refractivity contribution in [1.82, 2.24) is 20.1 Å². The summed E-state index contributed by atoms with van der Waals surface area (Å²) in [5.41, 5.74) is 2.22. The van der Waals surface area contributed by atoms with Gasteiger partial charge in [0.15, 0.2) is 5.58 Å². The molecular weight excluding hydrogens is 348 g/mol. The predicted octanol–water partition coefficient (Wildman–Crippen LogP) is 0.372. The monoisotopic (exact) mass is 372 g/mol. The maximum Gasteiger partial charge on any atom is 0.419 e. The van der Waals surface area contributed by atoms with Crippen molar-refractivity contribution in [3.8, 4) is 0 Å². The number of carbonyl (C=O) groups excluding carboxylic acids is 2. The van der Waals surface area contributed by atoms with Gasteiger partial charge in [0.05, 0.1) is 5.52 Å². The van der Waals surface area contributed by atoms with E-state index in [1.165, 1.54) is 4.57 Å². The number of aromatic nitrogens is 1. The summed E-state index contributed by atoms with van der Waals surface area (Å²) < 4.78 is 6.74. The molecule has 8 heteroatoms. The second kappa shape index (κ2) is 7.19. The standard InChI is InChI=1S/C19H24N4O4/c1-12-2-5-16-14(10-12)23(19(26)27-16)8-6-17(24)22-9-7-20-11-15(22)18(25)21-13-3-4-13/h2,5,10,13,15,20H,3-4,6-9,11H2,1H3,(H,21,25). The Hall–Kier alpha value is -2.61. The van der Waals surface area contributed by atoms with E-state index >= 15 is 0 Å². The van der Waals surface area contributed by atoms with Gasteiger partial charge >= 0.3 is 5.76 Å². The fourth-order valence-electron chi connectivity index (χ4n) is 3.50. The van der Waals surface area contributed by atoms with Gasteiger partial charge in [0, 0.05) is 38.6 Å². The van der Waals surface area contributed by atoms with Gasteiger partial charge in [-0.1, -0.05) is 6.07 Å². The van der Waals surface area contributed by atoms with Gasteiger partial charge in [-0.2, -0.15) is 0 Å². The highest BCUT2D eigenvalue weighted by Gasteiger charge is 2.34. The number of hydrogen-bond donors (Lipinski definition) is 2. The molecule has 1 aromatic carbocycles. The predicted molar refractivity (Wildman–Crippen MR) is 99.4 cm³/mol. The van der Waals surface area contributed by atoms with Gasteiger partial charge in [-0.15, -0.1) is 0 Å². The average Bonchev–Trinajstić information content (AvgIpc) is 3.42. The summed E-state index contributed by atoms with van der Waals surface area (Å²) >= 11 is 0. The molecule has 4 rings (SSSR count). The summed E-state index contributed by atoms with van der Waals surface area (Å²) in [5, 5.41) is 6.15. The molecule has 1 aliphatic heterocycles. The zero-order chi connectivity index (χ0) is 19.0. The summed E-state index contributed by atoms with van der Waals surface area (Å²) in [5.74, 6) is -0.687. The first-order valence-electron chi connectivity index (χ1n) is 9.43. The molecule has 2 aromatic rings. The SMILES string of the molecule is Cc1ccc2oc(=O)n(CCC(=O)N3CCNCC3C(=O)NC3CC3)c2c1. The van der Waals surface area contributed by atoms with Crippen LogP contribution in [0.4, 0.5) is 0 Å². The van der Waals surface area contributed by atoms with Crippen LogP contribution < -0.4 is 16.4 Å². The van der Waals surface area contributed by atoms with E-state index in [0.717, 1.165) is 18.4 Å². The average molecular weight is 372 g/mol. The zero-order valence-electron chi connectivity index (χ0n) is 15.4. The number of carbonyl (C=O) groups is 2. The maximum atomic E-state index is 12.8. The van der Waals surface area contributed by atoms with E-state index in [4.69, 9.17) is 4.42 Å². The molecule has 8 nitrogen and oxygen atoms in total.